The van der Waals surface area contributed by atoms with Gasteiger partial charge in [-0.05, 0) is 55.3 Å². The predicted octanol–water partition coefficient (Wildman–Crippen LogP) is 3.74. The lowest BCUT2D eigenvalue weighted by Crippen LogP contribution is -2.32. The topological polar surface area (TPSA) is 84.0 Å². The van der Waals surface area contributed by atoms with Crippen molar-refractivity contribution < 1.29 is 9.00 Å². The molecule has 148 valence electrons. The second kappa shape index (κ2) is 7.40. The number of rotatable bonds is 5. The van der Waals surface area contributed by atoms with Crippen LogP contribution in [0, 0.1) is 0 Å². The highest BCUT2D eigenvalue weighted by Crippen LogP contribution is 2.33. The van der Waals surface area contributed by atoms with E-state index in [1.165, 1.54) is 0 Å². The predicted molar refractivity (Wildman–Crippen MR) is 115 cm³/mol. The first-order valence-electron chi connectivity index (χ1n) is 9.28. The highest BCUT2D eigenvalue weighted by atomic mass is 32.2. The molecule has 7 heteroatoms. The van der Waals surface area contributed by atoms with Crippen LogP contribution in [0.2, 0.25) is 0 Å². The van der Waals surface area contributed by atoms with Crippen LogP contribution in [0.25, 0.3) is 11.3 Å². The number of benzene rings is 2. The van der Waals surface area contributed by atoms with Crippen LogP contribution >= 0.6 is 0 Å². The van der Waals surface area contributed by atoms with Gasteiger partial charge in [-0.3, -0.25) is 9.00 Å². The maximum atomic E-state index is 12.1. The van der Waals surface area contributed by atoms with Gasteiger partial charge < -0.3 is 10.6 Å². The molecule has 0 aliphatic carbocycles. The summed E-state index contributed by atoms with van der Waals surface area (Å²) in [6.45, 7) is 3.98. The molecule has 1 unspecified atom stereocenters. The maximum Gasteiger partial charge on any atom is 0.252 e. The lowest BCUT2D eigenvalue weighted by atomic mass is 9.92. The maximum absolute atomic E-state index is 12.1. The average Bonchev–Trinajstić information content (AvgIpc) is 2.91. The molecular formula is C22H22N4O2S. The third-order valence-corrected chi connectivity index (χ3v) is 5.63. The van der Waals surface area contributed by atoms with Gasteiger partial charge in [-0.25, -0.2) is 9.97 Å². The molecule has 0 spiro atoms. The monoisotopic (exact) mass is 406 g/mol. The highest BCUT2D eigenvalue weighted by molar-refractivity contribution is 7.83. The highest BCUT2D eigenvalue weighted by Gasteiger charge is 2.35. The summed E-state index contributed by atoms with van der Waals surface area (Å²) in [6, 6.07) is 15.4. The van der Waals surface area contributed by atoms with Gasteiger partial charge in [-0.15, -0.1) is 0 Å². The molecule has 3 aromatic rings. The molecule has 0 fully saturated rings. The largest absolute Gasteiger partial charge is 0.343 e. The number of hydrogen-bond donors (Lipinski definition) is 2. The van der Waals surface area contributed by atoms with E-state index in [9.17, 15) is 9.00 Å². The van der Waals surface area contributed by atoms with E-state index >= 15 is 0 Å². The Labute approximate surface area is 172 Å². The third-order valence-electron chi connectivity index (χ3n) is 4.89. The standard InChI is InChI=1S/C22H22N4O2S/c1-22(2)18-12-15(6-9-17(18)20(27)26-22)19-10-11-23-21(25-19)24-16-7-4-14(5-8-16)13-29(3)28/h4-12H,13H2,1-3H3,(H,26,27)(H,23,24,25). The van der Waals surface area contributed by atoms with Crippen molar-refractivity contribution in [1.82, 2.24) is 15.3 Å². The molecule has 2 N–H and O–H groups in total. The normalized spacial score (nSPS) is 15.5. The van der Waals surface area contributed by atoms with Gasteiger partial charge in [0.2, 0.25) is 5.95 Å². The van der Waals surface area contributed by atoms with Gasteiger partial charge in [0.25, 0.3) is 5.91 Å². The number of hydrogen-bond acceptors (Lipinski definition) is 5. The van der Waals surface area contributed by atoms with Gasteiger partial charge >= 0.3 is 0 Å². The molecule has 0 saturated heterocycles. The summed E-state index contributed by atoms with van der Waals surface area (Å²) in [5.41, 5.74) is 4.86. The van der Waals surface area contributed by atoms with Crippen LogP contribution in [0.15, 0.2) is 54.7 Å². The second-order valence-electron chi connectivity index (χ2n) is 7.64. The molecule has 0 saturated carbocycles. The molecule has 0 radical (unpaired) electrons. The Hall–Kier alpha value is -3.06. The smallest absolute Gasteiger partial charge is 0.252 e. The van der Waals surface area contributed by atoms with Crippen LogP contribution in [0.3, 0.4) is 0 Å². The Balaban J connectivity index is 1.58. The molecule has 0 bridgehead atoms. The van der Waals surface area contributed by atoms with Crippen LogP contribution in [-0.2, 0) is 22.1 Å². The lowest BCUT2D eigenvalue weighted by molar-refractivity contribution is 0.0940. The van der Waals surface area contributed by atoms with Crippen molar-refractivity contribution in [2.45, 2.75) is 25.1 Å². The van der Waals surface area contributed by atoms with Gasteiger partial charge in [-0.1, -0.05) is 18.2 Å². The summed E-state index contributed by atoms with van der Waals surface area (Å²) in [7, 11) is -0.864. The molecule has 1 aromatic heterocycles. The summed E-state index contributed by atoms with van der Waals surface area (Å²) < 4.78 is 11.3. The molecule has 4 rings (SSSR count). The summed E-state index contributed by atoms with van der Waals surface area (Å²) >= 11 is 0. The zero-order valence-corrected chi connectivity index (χ0v) is 17.3. The SMILES string of the molecule is CS(=O)Cc1ccc(Nc2nccc(-c3ccc4c(c3)C(C)(C)NC4=O)n2)cc1. The number of amides is 1. The van der Waals surface area contributed by atoms with E-state index in [0.29, 0.717) is 17.3 Å². The van der Waals surface area contributed by atoms with E-state index in [2.05, 4.69) is 20.6 Å². The molecule has 2 heterocycles. The van der Waals surface area contributed by atoms with Gasteiger partial charge in [0.05, 0.1) is 11.2 Å². The number of aromatic nitrogens is 2. The van der Waals surface area contributed by atoms with Crippen molar-refractivity contribution in [2.24, 2.45) is 0 Å². The van der Waals surface area contributed by atoms with Gasteiger partial charge in [0.1, 0.15) is 0 Å². The molecule has 1 aliphatic rings. The van der Waals surface area contributed by atoms with E-state index in [0.717, 1.165) is 28.1 Å². The molecule has 1 amide bonds. The summed E-state index contributed by atoms with van der Waals surface area (Å²) in [5, 5.41) is 6.20. The number of fused-ring (bicyclic) bond motifs is 1. The van der Waals surface area contributed by atoms with E-state index in [-0.39, 0.29) is 5.91 Å². The Morgan fingerprint density at radius 2 is 1.86 bits per heavy atom. The Morgan fingerprint density at radius 3 is 2.59 bits per heavy atom. The summed E-state index contributed by atoms with van der Waals surface area (Å²) in [4.78, 5) is 21.0. The second-order valence-corrected chi connectivity index (χ2v) is 9.08. The van der Waals surface area contributed by atoms with Crippen molar-refractivity contribution in [3.05, 3.63) is 71.4 Å². The minimum absolute atomic E-state index is 0.0445. The average molecular weight is 407 g/mol. The minimum atomic E-state index is -0.864. The molecular weight excluding hydrogens is 384 g/mol. The number of anilines is 2. The van der Waals surface area contributed by atoms with Gasteiger partial charge in [0.15, 0.2) is 0 Å². The number of carbonyl (C=O) groups excluding carboxylic acids is 1. The van der Waals surface area contributed by atoms with Crippen molar-refractivity contribution in [3.8, 4) is 11.3 Å². The van der Waals surface area contributed by atoms with Crippen molar-refractivity contribution in [1.29, 1.82) is 0 Å². The fourth-order valence-electron chi connectivity index (χ4n) is 3.46. The van der Waals surface area contributed by atoms with Crippen molar-refractivity contribution in [2.75, 3.05) is 11.6 Å². The minimum Gasteiger partial charge on any atom is -0.343 e. The fraction of sp³-hybridized carbons (Fsp3) is 0.227. The zero-order valence-electron chi connectivity index (χ0n) is 16.5. The fourth-order valence-corrected chi connectivity index (χ4v) is 4.13. The van der Waals surface area contributed by atoms with E-state index in [1.54, 1.807) is 12.5 Å². The Morgan fingerprint density at radius 1 is 1.10 bits per heavy atom. The van der Waals surface area contributed by atoms with E-state index in [4.69, 9.17) is 0 Å². The van der Waals surface area contributed by atoms with Crippen LogP contribution in [0.4, 0.5) is 11.6 Å². The molecule has 1 aliphatic heterocycles. The number of carbonyl (C=O) groups is 1. The first kappa shape index (κ1) is 19.3. The molecule has 1 atom stereocenters. The Kier molecular flexibility index (Phi) is 4.92. The van der Waals surface area contributed by atoms with Gasteiger partial charge in [0, 0.05) is 45.8 Å². The Bertz CT molecular complexity index is 1110. The number of nitrogens with zero attached hydrogens (tertiary/aromatic N) is 2. The van der Waals surface area contributed by atoms with Crippen LogP contribution in [0.5, 0.6) is 0 Å². The van der Waals surface area contributed by atoms with E-state index in [1.807, 2.05) is 62.4 Å². The molecule has 2 aromatic carbocycles. The van der Waals surface area contributed by atoms with E-state index < -0.39 is 16.3 Å². The number of nitrogens with one attached hydrogen (secondary N) is 2. The van der Waals surface area contributed by atoms with Crippen LogP contribution in [0.1, 0.15) is 35.3 Å². The first-order chi connectivity index (χ1) is 13.8. The lowest BCUT2D eigenvalue weighted by Gasteiger charge is -2.19. The quantitative estimate of drug-likeness (QED) is 0.674. The summed E-state index contributed by atoms with van der Waals surface area (Å²) in [5.74, 6) is 0.985. The molecule has 29 heavy (non-hydrogen) atoms. The molecule has 6 nitrogen and oxygen atoms in total. The van der Waals surface area contributed by atoms with Gasteiger partial charge in [-0.2, -0.15) is 0 Å². The first-order valence-corrected chi connectivity index (χ1v) is 11.0. The summed E-state index contributed by atoms with van der Waals surface area (Å²) in [6.07, 6.45) is 3.40. The van der Waals surface area contributed by atoms with Crippen LogP contribution in [-0.4, -0.2) is 26.3 Å². The van der Waals surface area contributed by atoms with Crippen molar-refractivity contribution >= 4 is 28.3 Å². The zero-order chi connectivity index (χ0) is 20.6. The van der Waals surface area contributed by atoms with Crippen molar-refractivity contribution in [3.63, 3.8) is 0 Å². The van der Waals surface area contributed by atoms with Crippen LogP contribution < -0.4 is 10.6 Å². The third kappa shape index (κ3) is 4.05.